The molecule has 2 saturated carbocycles. The number of hydrogen-bond acceptors (Lipinski definition) is 1. The van der Waals surface area contributed by atoms with E-state index < -0.39 is 0 Å². The van der Waals surface area contributed by atoms with Crippen LogP contribution >= 0.6 is 12.6 Å². The highest BCUT2D eigenvalue weighted by atomic mass is 32.1. The molecule has 2 rings (SSSR count). The fourth-order valence-electron chi connectivity index (χ4n) is 3.65. The zero-order chi connectivity index (χ0) is 12.0. The topological polar surface area (TPSA) is 0 Å². The van der Waals surface area contributed by atoms with E-state index in [1.54, 1.807) is 0 Å². The Hall–Kier alpha value is 0.0900. The van der Waals surface area contributed by atoms with E-state index in [9.17, 15) is 0 Å². The van der Waals surface area contributed by atoms with Crippen LogP contribution in [0.15, 0.2) is 12.2 Å². The van der Waals surface area contributed by atoms with E-state index >= 15 is 0 Å². The van der Waals surface area contributed by atoms with Gasteiger partial charge in [0.15, 0.2) is 0 Å². The minimum Gasteiger partial charge on any atom is -0.172 e. The summed E-state index contributed by atoms with van der Waals surface area (Å²) >= 11 is 5.01. The van der Waals surface area contributed by atoms with Gasteiger partial charge in [0, 0.05) is 4.75 Å². The summed E-state index contributed by atoms with van der Waals surface area (Å²) in [5, 5.41) is 0. The quantitative estimate of drug-likeness (QED) is 0.452. The molecule has 0 nitrogen and oxygen atoms in total. The Morgan fingerprint density at radius 3 is 2.62 bits per heavy atom. The van der Waals surface area contributed by atoms with Crippen molar-refractivity contribution >= 4 is 12.6 Å². The molecule has 92 valence electrons. The largest absolute Gasteiger partial charge is 0.172 e. The summed E-state index contributed by atoms with van der Waals surface area (Å²) in [6, 6.07) is 0. The van der Waals surface area contributed by atoms with Gasteiger partial charge in [-0.25, -0.2) is 0 Å². The lowest BCUT2D eigenvalue weighted by atomic mass is 9.60. The Labute approximate surface area is 106 Å². The second-order valence-electron chi connectivity index (χ2n) is 7.01. The van der Waals surface area contributed by atoms with Crippen molar-refractivity contribution in [3.63, 3.8) is 0 Å². The smallest absolute Gasteiger partial charge is 0.0195 e. The Balaban J connectivity index is 2.15. The highest BCUT2D eigenvalue weighted by Crippen LogP contribution is 2.54. The molecule has 0 saturated heterocycles. The molecule has 2 aliphatic carbocycles. The minimum atomic E-state index is 0.289. The van der Waals surface area contributed by atoms with Gasteiger partial charge in [0.2, 0.25) is 0 Å². The molecule has 0 bridgehead atoms. The third-order valence-electron chi connectivity index (χ3n) is 4.92. The summed E-state index contributed by atoms with van der Waals surface area (Å²) in [6.45, 7) is 11.5. The Morgan fingerprint density at radius 1 is 1.31 bits per heavy atom. The molecule has 0 radical (unpaired) electrons. The van der Waals surface area contributed by atoms with E-state index in [0.717, 1.165) is 5.92 Å². The molecule has 0 aromatic carbocycles. The van der Waals surface area contributed by atoms with E-state index in [-0.39, 0.29) is 4.75 Å². The molecule has 2 aliphatic rings. The van der Waals surface area contributed by atoms with Crippen molar-refractivity contribution in [3.05, 3.63) is 12.2 Å². The van der Waals surface area contributed by atoms with Crippen molar-refractivity contribution in [1.29, 1.82) is 0 Å². The lowest BCUT2D eigenvalue weighted by molar-refractivity contribution is 0.116. The van der Waals surface area contributed by atoms with Crippen LogP contribution in [0.4, 0.5) is 0 Å². The Bertz CT molecular complexity index is 286. The molecule has 0 amide bonds. The molecule has 0 aromatic rings. The first-order valence-corrected chi connectivity index (χ1v) is 7.18. The first kappa shape index (κ1) is 12.5. The van der Waals surface area contributed by atoms with Crippen molar-refractivity contribution in [2.45, 2.75) is 64.0 Å². The van der Waals surface area contributed by atoms with Gasteiger partial charge >= 0.3 is 0 Å². The van der Waals surface area contributed by atoms with Crippen LogP contribution in [0.1, 0.15) is 59.3 Å². The van der Waals surface area contributed by atoms with Gasteiger partial charge in [0.25, 0.3) is 0 Å². The summed E-state index contributed by atoms with van der Waals surface area (Å²) in [4.78, 5) is 0. The van der Waals surface area contributed by atoms with Crippen LogP contribution in [-0.4, -0.2) is 4.75 Å². The first-order valence-electron chi connectivity index (χ1n) is 6.73. The molecule has 3 unspecified atom stereocenters. The second-order valence-corrected chi connectivity index (χ2v) is 7.90. The second kappa shape index (κ2) is 4.08. The lowest BCUT2D eigenvalue weighted by Crippen LogP contribution is -2.44. The zero-order valence-corrected chi connectivity index (χ0v) is 11.9. The maximum Gasteiger partial charge on any atom is 0.0195 e. The number of thiol groups is 1. The number of fused-ring (bicyclic) bond motifs is 1. The molecule has 1 heteroatoms. The summed E-state index contributed by atoms with van der Waals surface area (Å²) in [5.41, 5.74) is 1.93. The normalized spacial score (nSPS) is 40.6. The van der Waals surface area contributed by atoms with Crippen LogP contribution in [0.25, 0.3) is 0 Å². The highest BCUT2D eigenvalue weighted by Gasteiger charge is 2.45. The predicted octanol–water partition coefficient (Wildman–Crippen LogP) is 4.86. The predicted molar refractivity (Wildman–Crippen MR) is 75.0 cm³/mol. The summed E-state index contributed by atoms with van der Waals surface area (Å²) < 4.78 is 0.289. The van der Waals surface area contributed by atoms with Gasteiger partial charge in [0.1, 0.15) is 0 Å². The SMILES string of the molecule is C=C1CCCC2(S)CCC(C(C)(C)C)CC12. The Morgan fingerprint density at radius 2 is 2.00 bits per heavy atom. The highest BCUT2D eigenvalue weighted by molar-refractivity contribution is 7.81. The van der Waals surface area contributed by atoms with Crippen LogP contribution < -0.4 is 0 Å². The van der Waals surface area contributed by atoms with Crippen molar-refractivity contribution < 1.29 is 0 Å². The number of rotatable bonds is 0. The fraction of sp³-hybridized carbons (Fsp3) is 0.867. The minimum absolute atomic E-state index is 0.289. The van der Waals surface area contributed by atoms with Crippen molar-refractivity contribution in [1.82, 2.24) is 0 Å². The molecule has 3 atom stereocenters. The zero-order valence-electron chi connectivity index (χ0n) is 11.1. The maximum atomic E-state index is 5.01. The molecular weight excluding hydrogens is 212 g/mol. The maximum absolute atomic E-state index is 5.01. The first-order chi connectivity index (χ1) is 7.33. The Kier molecular flexibility index (Phi) is 3.20. The van der Waals surface area contributed by atoms with Crippen molar-refractivity contribution in [3.8, 4) is 0 Å². The van der Waals surface area contributed by atoms with Gasteiger partial charge in [-0.15, -0.1) is 0 Å². The molecule has 0 spiro atoms. The van der Waals surface area contributed by atoms with Crippen LogP contribution in [0.2, 0.25) is 0 Å². The van der Waals surface area contributed by atoms with Gasteiger partial charge in [-0.1, -0.05) is 32.9 Å². The van der Waals surface area contributed by atoms with Gasteiger partial charge in [-0.05, 0) is 55.8 Å². The van der Waals surface area contributed by atoms with Crippen LogP contribution in [-0.2, 0) is 0 Å². The van der Waals surface area contributed by atoms with Crippen LogP contribution in [0.3, 0.4) is 0 Å². The van der Waals surface area contributed by atoms with E-state index in [2.05, 4.69) is 27.4 Å². The molecule has 2 fully saturated rings. The lowest BCUT2D eigenvalue weighted by Gasteiger charge is -2.50. The number of allylic oxidation sites excluding steroid dienone is 1. The van der Waals surface area contributed by atoms with E-state index in [4.69, 9.17) is 12.6 Å². The third kappa shape index (κ3) is 2.20. The fourth-order valence-corrected chi connectivity index (χ4v) is 4.22. The molecule has 0 heterocycles. The monoisotopic (exact) mass is 238 g/mol. The van der Waals surface area contributed by atoms with Crippen molar-refractivity contribution in [2.75, 3.05) is 0 Å². The average molecular weight is 238 g/mol. The summed E-state index contributed by atoms with van der Waals surface area (Å²) in [6.07, 6.45) is 7.82. The van der Waals surface area contributed by atoms with E-state index in [1.165, 1.54) is 44.1 Å². The molecular formula is C15H26S. The standard InChI is InChI=1S/C15H26S/c1-11-6-5-8-15(16)9-7-12(10-13(11)15)14(2,3)4/h12-13,16H,1,5-10H2,2-4H3. The van der Waals surface area contributed by atoms with E-state index in [0.29, 0.717) is 11.3 Å². The van der Waals surface area contributed by atoms with Crippen LogP contribution in [0, 0.1) is 17.3 Å². The molecule has 0 N–H and O–H groups in total. The molecule has 0 aromatic heterocycles. The molecule has 0 aliphatic heterocycles. The van der Waals surface area contributed by atoms with Gasteiger partial charge in [-0.2, -0.15) is 12.6 Å². The summed E-state index contributed by atoms with van der Waals surface area (Å²) in [7, 11) is 0. The van der Waals surface area contributed by atoms with Gasteiger partial charge in [0.05, 0.1) is 0 Å². The third-order valence-corrected chi connectivity index (χ3v) is 5.68. The van der Waals surface area contributed by atoms with Crippen LogP contribution in [0.5, 0.6) is 0 Å². The van der Waals surface area contributed by atoms with Gasteiger partial charge < -0.3 is 0 Å². The average Bonchev–Trinajstić information content (AvgIpc) is 2.15. The van der Waals surface area contributed by atoms with E-state index in [1.807, 2.05) is 0 Å². The molecule has 16 heavy (non-hydrogen) atoms. The van der Waals surface area contributed by atoms with Crippen molar-refractivity contribution in [2.24, 2.45) is 17.3 Å². The summed E-state index contributed by atoms with van der Waals surface area (Å²) in [5.74, 6) is 1.54. The van der Waals surface area contributed by atoms with Gasteiger partial charge in [-0.3, -0.25) is 0 Å². The number of hydrogen-bond donors (Lipinski definition) is 1.